The lowest BCUT2D eigenvalue weighted by molar-refractivity contribution is 0.306. The summed E-state index contributed by atoms with van der Waals surface area (Å²) in [6.07, 6.45) is 1.14. The van der Waals surface area contributed by atoms with Crippen molar-refractivity contribution in [1.29, 1.82) is 0 Å². The highest BCUT2D eigenvalue weighted by Crippen LogP contribution is 2.20. The van der Waals surface area contributed by atoms with Crippen LogP contribution in [0.5, 0.6) is 5.75 Å². The molecular weight excluding hydrogens is 222 g/mol. The van der Waals surface area contributed by atoms with E-state index in [4.69, 9.17) is 16.3 Å². The fourth-order valence-electron chi connectivity index (χ4n) is 1.33. The molecule has 16 heavy (non-hydrogen) atoms. The normalized spacial score (nSPS) is 12.5. The van der Waals surface area contributed by atoms with Crippen molar-refractivity contribution in [3.63, 3.8) is 0 Å². The molecule has 0 spiro atoms. The fourth-order valence-corrected chi connectivity index (χ4v) is 1.44. The lowest BCUT2D eigenvalue weighted by Gasteiger charge is -2.12. The molecule has 0 fully saturated rings. The van der Waals surface area contributed by atoms with E-state index < -0.39 is 0 Å². The van der Waals surface area contributed by atoms with Crippen molar-refractivity contribution in [3.05, 3.63) is 28.8 Å². The third-order valence-corrected chi connectivity index (χ3v) is 3.03. The number of halogens is 1. The van der Waals surface area contributed by atoms with Crippen molar-refractivity contribution >= 4 is 11.6 Å². The number of benzene rings is 1. The topological polar surface area (TPSA) is 21.3 Å². The predicted molar refractivity (Wildman–Crippen MR) is 69.4 cm³/mol. The van der Waals surface area contributed by atoms with Crippen molar-refractivity contribution in [3.8, 4) is 5.75 Å². The van der Waals surface area contributed by atoms with Gasteiger partial charge in [0.05, 0.1) is 0 Å². The van der Waals surface area contributed by atoms with Gasteiger partial charge < -0.3 is 10.1 Å². The molecule has 1 unspecified atom stereocenters. The van der Waals surface area contributed by atoms with Crippen LogP contribution in [0.1, 0.15) is 25.8 Å². The van der Waals surface area contributed by atoms with Crippen LogP contribution in [0.2, 0.25) is 5.02 Å². The van der Waals surface area contributed by atoms with Gasteiger partial charge in [-0.05, 0) is 44.0 Å². The van der Waals surface area contributed by atoms with Crippen LogP contribution in [0.25, 0.3) is 0 Å². The molecule has 90 valence electrons. The number of hydrogen-bond acceptors (Lipinski definition) is 2. The van der Waals surface area contributed by atoms with E-state index in [1.807, 2.05) is 25.1 Å². The Morgan fingerprint density at radius 1 is 1.44 bits per heavy atom. The Morgan fingerprint density at radius 3 is 2.81 bits per heavy atom. The molecule has 0 amide bonds. The lowest BCUT2D eigenvalue weighted by atomic mass is 10.2. The second kappa shape index (κ2) is 6.77. The number of hydrogen-bond donors (Lipinski definition) is 1. The first kappa shape index (κ1) is 13.3. The predicted octanol–water partition coefficient (Wildman–Crippen LogP) is 3.42. The molecule has 0 bridgehead atoms. The number of nitrogens with one attached hydrogen (secondary N) is 1. The smallest absolute Gasteiger partial charge is 0.119 e. The lowest BCUT2D eigenvalue weighted by Crippen LogP contribution is -2.29. The first-order valence-electron chi connectivity index (χ1n) is 5.75. The molecule has 0 saturated carbocycles. The molecule has 0 saturated heterocycles. The summed E-state index contributed by atoms with van der Waals surface area (Å²) < 4.78 is 5.62. The van der Waals surface area contributed by atoms with Crippen molar-refractivity contribution < 1.29 is 4.74 Å². The molecule has 0 radical (unpaired) electrons. The molecule has 0 aliphatic rings. The average Bonchev–Trinajstić information content (AvgIpc) is 2.28. The van der Waals surface area contributed by atoms with Gasteiger partial charge in [-0.25, -0.2) is 0 Å². The second-order valence-electron chi connectivity index (χ2n) is 4.02. The Bertz CT molecular complexity index is 328. The van der Waals surface area contributed by atoms with Crippen LogP contribution >= 0.6 is 11.6 Å². The first-order valence-corrected chi connectivity index (χ1v) is 6.13. The van der Waals surface area contributed by atoms with E-state index in [0.29, 0.717) is 12.6 Å². The highest BCUT2D eigenvalue weighted by atomic mass is 35.5. The standard InChI is InChI=1S/C13H20ClNO/c1-4-11(3)15-7-8-16-12-5-6-13(14)10(2)9-12/h5-6,9,11,15H,4,7-8H2,1-3H3. The van der Waals surface area contributed by atoms with Crippen molar-refractivity contribution in [2.24, 2.45) is 0 Å². The van der Waals surface area contributed by atoms with Gasteiger partial charge in [0, 0.05) is 17.6 Å². The minimum Gasteiger partial charge on any atom is -0.492 e. The van der Waals surface area contributed by atoms with Gasteiger partial charge >= 0.3 is 0 Å². The minimum atomic E-state index is 0.551. The largest absolute Gasteiger partial charge is 0.492 e. The van der Waals surface area contributed by atoms with E-state index >= 15 is 0 Å². The van der Waals surface area contributed by atoms with E-state index in [0.717, 1.165) is 29.3 Å². The Morgan fingerprint density at radius 2 is 2.19 bits per heavy atom. The fraction of sp³-hybridized carbons (Fsp3) is 0.538. The zero-order valence-corrected chi connectivity index (χ0v) is 11.0. The molecule has 0 aliphatic carbocycles. The molecule has 0 aliphatic heterocycles. The quantitative estimate of drug-likeness (QED) is 0.771. The summed E-state index contributed by atoms with van der Waals surface area (Å²) in [5.74, 6) is 0.882. The summed E-state index contributed by atoms with van der Waals surface area (Å²) in [5.41, 5.74) is 1.05. The SMILES string of the molecule is CCC(C)NCCOc1ccc(Cl)c(C)c1. The summed E-state index contributed by atoms with van der Waals surface area (Å²) in [7, 11) is 0. The van der Waals surface area contributed by atoms with Gasteiger partial charge in [0.1, 0.15) is 12.4 Å². The van der Waals surface area contributed by atoms with Crippen molar-refractivity contribution in [1.82, 2.24) is 5.32 Å². The first-order chi connectivity index (χ1) is 7.63. The van der Waals surface area contributed by atoms with Gasteiger partial charge in [0.25, 0.3) is 0 Å². The molecule has 0 heterocycles. The van der Waals surface area contributed by atoms with Gasteiger partial charge in [0.2, 0.25) is 0 Å². The maximum atomic E-state index is 5.93. The average molecular weight is 242 g/mol. The van der Waals surface area contributed by atoms with Crippen LogP contribution in [0, 0.1) is 6.92 Å². The van der Waals surface area contributed by atoms with E-state index in [9.17, 15) is 0 Å². The summed E-state index contributed by atoms with van der Waals surface area (Å²) in [4.78, 5) is 0. The molecule has 3 heteroatoms. The van der Waals surface area contributed by atoms with E-state index in [1.54, 1.807) is 0 Å². The van der Waals surface area contributed by atoms with E-state index in [1.165, 1.54) is 0 Å². The maximum absolute atomic E-state index is 5.93. The molecule has 0 aromatic heterocycles. The molecule has 1 rings (SSSR count). The molecular formula is C13H20ClNO. The Balaban J connectivity index is 2.29. The molecule has 1 N–H and O–H groups in total. The van der Waals surface area contributed by atoms with Crippen molar-refractivity contribution in [2.45, 2.75) is 33.2 Å². The summed E-state index contributed by atoms with van der Waals surface area (Å²) in [6, 6.07) is 6.29. The van der Waals surface area contributed by atoms with Crippen LogP contribution < -0.4 is 10.1 Å². The van der Waals surface area contributed by atoms with Crippen LogP contribution in [-0.4, -0.2) is 19.2 Å². The molecule has 1 aromatic rings. The number of aryl methyl sites for hydroxylation is 1. The van der Waals surface area contributed by atoms with Crippen LogP contribution in [-0.2, 0) is 0 Å². The summed E-state index contributed by atoms with van der Waals surface area (Å²) in [6.45, 7) is 7.88. The summed E-state index contributed by atoms with van der Waals surface area (Å²) in [5, 5.41) is 4.16. The number of ether oxygens (including phenoxy) is 1. The van der Waals surface area contributed by atoms with Gasteiger partial charge in [-0.15, -0.1) is 0 Å². The summed E-state index contributed by atoms with van der Waals surface area (Å²) >= 11 is 5.93. The molecule has 2 nitrogen and oxygen atoms in total. The van der Waals surface area contributed by atoms with Crippen LogP contribution in [0.3, 0.4) is 0 Å². The molecule has 1 atom stereocenters. The van der Waals surface area contributed by atoms with Gasteiger partial charge in [-0.2, -0.15) is 0 Å². The van der Waals surface area contributed by atoms with Crippen LogP contribution in [0.15, 0.2) is 18.2 Å². The third-order valence-electron chi connectivity index (χ3n) is 2.61. The van der Waals surface area contributed by atoms with E-state index in [2.05, 4.69) is 19.2 Å². The third kappa shape index (κ3) is 4.42. The Labute approximate surface area is 103 Å². The zero-order valence-electron chi connectivity index (χ0n) is 10.2. The van der Waals surface area contributed by atoms with Crippen molar-refractivity contribution in [2.75, 3.05) is 13.2 Å². The second-order valence-corrected chi connectivity index (χ2v) is 4.43. The highest BCUT2D eigenvalue weighted by Gasteiger charge is 1.99. The number of rotatable bonds is 6. The van der Waals surface area contributed by atoms with Gasteiger partial charge in [0.15, 0.2) is 0 Å². The van der Waals surface area contributed by atoms with Gasteiger partial charge in [-0.3, -0.25) is 0 Å². The monoisotopic (exact) mass is 241 g/mol. The Hall–Kier alpha value is -0.730. The Kier molecular flexibility index (Phi) is 5.64. The zero-order chi connectivity index (χ0) is 12.0. The minimum absolute atomic E-state index is 0.551. The van der Waals surface area contributed by atoms with Gasteiger partial charge in [-0.1, -0.05) is 18.5 Å². The highest BCUT2D eigenvalue weighted by molar-refractivity contribution is 6.31. The van der Waals surface area contributed by atoms with E-state index in [-0.39, 0.29) is 0 Å². The molecule has 1 aromatic carbocycles. The van der Waals surface area contributed by atoms with Crippen LogP contribution in [0.4, 0.5) is 0 Å². The maximum Gasteiger partial charge on any atom is 0.119 e.